The maximum Gasteiger partial charge on any atom is 0.248 e. The number of rotatable bonds is 9. The van der Waals surface area contributed by atoms with Crippen LogP contribution < -0.4 is 9.47 Å². The molecule has 0 saturated carbocycles. The second-order valence-corrected chi connectivity index (χ2v) is 6.83. The number of benzene rings is 1. The van der Waals surface area contributed by atoms with Gasteiger partial charge in [-0.3, -0.25) is 9.59 Å². The van der Waals surface area contributed by atoms with Crippen molar-refractivity contribution >= 4 is 23.6 Å². The summed E-state index contributed by atoms with van der Waals surface area (Å²) >= 11 is 1.55. The molecule has 0 aliphatic carbocycles. The minimum Gasteiger partial charge on any atom is -0.497 e. The largest absolute Gasteiger partial charge is 0.497 e. The fourth-order valence-corrected chi connectivity index (χ4v) is 4.12. The molecule has 2 rings (SSSR count). The predicted octanol–water partition coefficient (Wildman–Crippen LogP) is 1.77. The van der Waals surface area contributed by atoms with Gasteiger partial charge in [-0.15, -0.1) is 11.8 Å². The zero-order chi connectivity index (χ0) is 19.1. The van der Waals surface area contributed by atoms with Gasteiger partial charge in [-0.1, -0.05) is 0 Å². The van der Waals surface area contributed by atoms with Crippen LogP contribution in [0, 0.1) is 0 Å². The molecule has 1 aliphatic heterocycles. The van der Waals surface area contributed by atoms with Crippen LogP contribution in [0.4, 0.5) is 0 Å². The first kappa shape index (κ1) is 20.4. The van der Waals surface area contributed by atoms with E-state index in [1.54, 1.807) is 35.8 Å². The minimum absolute atomic E-state index is 0.0453. The molecule has 8 heteroatoms. The summed E-state index contributed by atoms with van der Waals surface area (Å²) in [5, 5.41) is -0.163. The average molecular weight is 382 g/mol. The molecule has 2 amide bonds. The smallest absolute Gasteiger partial charge is 0.248 e. The average Bonchev–Trinajstić information content (AvgIpc) is 3.02. The molecule has 1 aliphatic rings. The van der Waals surface area contributed by atoms with Crippen molar-refractivity contribution in [3.05, 3.63) is 23.8 Å². The molecule has 7 nitrogen and oxygen atoms in total. The second kappa shape index (κ2) is 9.68. The fraction of sp³-hybridized carbons (Fsp3) is 0.556. The van der Waals surface area contributed by atoms with Crippen LogP contribution in [0.5, 0.6) is 11.5 Å². The first-order valence-electron chi connectivity index (χ1n) is 8.45. The lowest BCUT2D eigenvalue weighted by Crippen LogP contribution is -2.41. The molecule has 26 heavy (non-hydrogen) atoms. The van der Waals surface area contributed by atoms with E-state index in [9.17, 15) is 9.59 Å². The normalized spacial score (nSPS) is 16.7. The number of likely N-dealkylation sites (N-methyl/N-ethyl adjacent to an activating group) is 1. The van der Waals surface area contributed by atoms with Crippen LogP contribution in [-0.4, -0.2) is 74.9 Å². The molecular weight excluding hydrogens is 356 g/mol. The van der Waals surface area contributed by atoms with Crippen molar-refractivity contribution in [3.63, 3.8) is 0 Å². The summed E-state index contributed by atoms with van der Waals surface area (Å²) in [6.07, 6.45) is 0. The van der Waals surface area contributed by atoms with Crippen molar-refractivity contribution in [2.45, 2.75) is 12.3 Å². The summed E-state index contributed by atoms with van der Waals surface area (Å²) in [4.78, 5) is 28.0. The van der Waals surface area contributed by atoms with Crippen molar-refractivity contribution < 1.29 is 23.8 Å². The van der Waals surface area contributed by atoms with Gasteiger partial charge in [0.05, 0.1) is 20.0 Å². The van der Waals surface area contributed by atoms with E-state index in [-0.39, 0.29) is 23.8 Å². The van der Waals surface area contributed by atoms with E-state index in [0.29, 0.717) is 36.9 Å². The van der Waals surface area contributed by atoms with E-state index in [4.69, 9.17) is 14.2 Å². The molecule has 0 N–H and O–H groups in total. The van der Waals surface area contributed by atoms with Crippen molar-refractivity contribution in [3.8, 4) is 11.5 Å². The monoisotopic (exact) mass is 382 g/mol. The van der Waals surface area contributed by atoms with Gasteiger partial charge in [0.1, 0.15) is 23.5 Å². The van der Waals surface area contributed by atoms with Gasteiger partial charge in [0, 0.05) is 32.3 Å². The number of hydrogen-bond acceptors (Lipinski definition) is 6. The molecule has 0 unspecified atom stereocenters. The van der Waals surface area contributed by atoms with E-state index in [2.05, 4.69) is 0 Å². The fourth-order valence-electron chi connectivity index (χ4n) is 2.89. The van der Waals surface area contributed by atoms with Crippen molar-refractivity contribution in [1.82, 2.24) is 9.80 Å². The van der Waals surface area contributed by atoms with Crippen LogP contribution >= 0.6 is 11.8 Å². The van der Waals surface area contributed by atoms with E-state index in [1.807, 2.05) is 25.1 Å². The third kappa shape index (κ3) is 4.62. The summed E-state index contributed by atoms with van der Waals surface area (Å²) in [6.45, 7) is 3.46. The number of nitrogens with zero attached hydrogens (tertiary/aromatic N) is 2. The number of amides is 2. The molecule has 1 aromatic rings. The summed E-state index contributed by atoms with van der Waals surface area (Å²) < 4.78 is 15.7. The Morgan fingerprint density at radius 2 is 2.08 bits per heavy atom. The van der Waals surface area contributed by atoms with E-state index in [0.717, 1.165) is 5.56 Å². The Hall–Kier alpha value is -1.93. The van der Waals surface area contributed by atoms with Gasteiger partial charge in [-0.2, -0.15) is 0 Å². The van der Waals surface area contributed by atoms with Gasteiger partial charge in [-0.05, 0) is 25.1 Å². The molecule has 144 valence electrons. The second-order valence-electron chi connectivity index (χ2n) is 5.76. The third-order valence-electron chi connectivity index (χ3n) is 4.28. The molecule has 1 aromatic carbocycles. The number of methoxy groups -OCH3 is 3. The molecule has 0 bridgehead atoms. The Kier molecular flexibility index (Phi) is 7.59. The lowest BCUT2D eigenvalue weighted by Gasteiger charge is -2.29. The summed E-state index contributed by atoms with van der Waals surface area (Å²) in [5.41, 5.74) is 0.897. The van der Waals surface area contributed by atoms with Gasteiger partial charge < -0.3 is 24.0 Å². The highest BCUT2D eigenvalue weighted by atomic mass is 32.2. The van der Waals surface area contributed by atoms with Crippen LogP contribution in [0.2, 0.25) is 0 Å². The van der Waals surface area contributed by atoms with Crippen molar-refractivity contribution in [2.75, 3.05) is 53.3 Å². The van der Waals surface area contributed by atoms with Gasteiger partial charge in [0.25, 0.3) is 0 Å². The third-order valence-corrected chi connectivity index (χ3v) is 5.52. The zero-order valence-electron chi connectivity index (χ0n) is 15.7. The van der Waals surface area contributed by atoms with Crippen LogP contribution in [0.15, 0.2) is 18.2 Å². The number of ether oxygens (including phenoxy) is 3. The minimum atomic E-state index is -0.163. The van der Waals surface area contributed by atoms with Crippen LogP contribution in [0.3, 0.4) is 0 Å². The summed E-state index contributed by atoms with van der Waals surface area (Å²) in [6, 6.07) is 5.57. The number of hydrogen-bond donors (Lipinski definition) is 0. The highest BCUT2D eigenvalue weighted by molar-refractivity contribution is 8.00. The Bertz CT molecular complexity index is 640. The summed E-state index contributed by atoms with van der Waals surface area (Å²) in [7, 11) is 4.72. The van der Waals surface area contributed by atoms with Crippen LogP contribution in [-0.2, 0) is 14.3 Å². The lowest BCUT2D eigenvalue weighted by molar-refractivity contribution is -0.136. The predicted molar refractivity (Wildman–Crippen MR) is 101 cm³/mol. The summed E-state index contributed by atoms with van der Waals surface area (Å²) in [5.74, 6) is 1.81. The van der Waals surface area contributed by atoms with Crippen molar-refractivity contribution in [2.24, 2.45) is 0 Å². The Balaban J connectivity index is 2.17. The van der Waals surface area contributed by atoms with Crippen molar-refractivity contribution in [1.29, 1.82) is 0 Å². The molecular formula is C18H26N2O5S. The van der Waals surface area contributed by atoms with E-state index < -0.39 is 0 Å². The van der Waals surface area contributed by atoms with Gasteiger partial charge >= 0.3 is 0 Å². The molecule has 1 heterocycles. The topological polar surface area (TPSA) is 68.3 Å². The highest BCUT2D eigenvalue weighted by Crippen LogP contribution is 2.43. The first-order chi connectivity index (χ1) is 12.5. The Labute approximate surface area is 158 Å². The number of thioether (sulfide) groups is 1. The quantitative estimate of drug-likeness (QED) is 0.648. The van der Waals surface area contributed by atoms with E-state index >= 15 is 0 Å². The molecule has 1 fully saturated rings. The zero-order valence-corrected chi connectivity index (χ0v) is 16.5. The molecule has 1 atom stereocenters. The Morgan fingerprint density at radius 3 is 2.69 bits per heavy atom. The van der Waals surface area contributed by atoms with Crippen LogP contribution in [0.1, 0.15) is 17.9 Å². The highest BCUT2D eigenvalue weighted by Gasteiger charge is 2.35. The standard InChI is InChI=1S/C18H26N2O5S/c1-5-19(16(21)11-23-2)8-9-20-17(22)12-26-18(20)14-10-13(24-3)6-7-15(14)25-4/h6-7,10,18H,5,8-9,11-12H2,1-4H3/t18-/m1/s1. The Morgan fingerprint density at radius 1 is 1.31 bits per heavy atom. The maximum atomic E-state index is 12.4. The van der Waals surface area contributed by atoms with E-state index in [1.165, 1.54) is 7.11 Å². The van der Waals surface area contributed by atoms with Gasteiger partial charge in [0.2, 0.25) is 11.8 Å². The first-order valence-corrected chi connectivity index (χ1v) is 9.50. The van der Waals surface area contributed by atoms with Gasteiger partial charge in [-0.25, -0.2) is 0 Å². The van der Waals surface area contributed by atoms with Crippen LogP contribution in [0.25, 0.3) is 0 Å². The molecule has 0 radical (unpaired) electrons. The maximum absolute atomic E-state index is 12.4. The molecule has 0 spiro atoms. The lowest BCUT2D eigenvalue weighted by atomic mass is 10.1. The SMILES string of the molecule is CCN(CCN1C(=O)CS[C@@H]1c1cc(OC)ccc1OC)C(=O)COC. The molecule has 1 saturated heterocycles. The molecule has 0 aromatic heterocycles. The number of carbonyl (C=O) groups is 2. The van der Waals surface area contributed by atoms with Gasteiger partial charge in [0.15, 0.2) is 0 Å². The number of carbonyl (C=O) groups excluding carboxylic acids is 2.